The van der Waals surface area contributed by atoms with Crippen LogP contribution in [0.1, 0.15) is 88.9 Å². The van der Waals surface area contributed by atoms with E-state index < -0.39 is 0 Å². The molecule has 3 N–H and O–H groups in total. The van der Waals surface area contributed by atoms with Crippen LogP contribution in [0, 0.1) is 0 Å². The molecule has 6 heteroatoms. The molecule has 6 nitrogen and oxygen atoms in total. The molecule has 0 aliphatic heterocycles. The van der Waals surface area contributed by atoms with Crippen LogP contribution in [0.3, 0.4) is 0 Å². The fraction of sp³-hybridized carbons (Fsp3) is 0.444. The Labute approximate surface area is 195 Å². The topological polar surface area (TPSA) is 87.3 Å². The molecule has 1 aromatic rings. The smallest absolute Gasteiger partial charge is 0.251 e. The van der Waals surface area contributed by atoms with E-state index in [-0.39, 0.29) is 35.8 Å². The number of benzene rings is 1. The average molecular weight is 448 g/mol. The molecule has 33 heavy (non-hydrogen) atoms. The first-order valence-corrected chi connectivity index (χ1v) is 12.1. The van der Waals surface area contributed by atoms with Gasteiger partial charge in [0.15, 0.2) is 0 Å². The molecule has 1 aromatic carbocycles. The van der Waals surface area contributed by atoms with Gasteiger partial charge in [0.1, 0.15) is 0 Å². The van der Waals surface area contributed by atoms with Crippen molar-refractivity contribution in [2.45, 2.75) is 75.9 Å². The van der Waals surface area contributed by atoms with E-state index in [1.54, 1.807) is 18.2 Å². The lowest BCUT2D eigenvalue weighted by molar-refractivity contribution is 0.0934. The third-order valence-electron chi connectivity index (χ3n) is 6.53. The maximum atomic E-state index is 13.0. The summed E-state index contributed by atoms with van der Waals surface area (Å²) in [6, 6.07) is 5.01. The molecule has 4 rings (SSSR count). The van der Waals surface area contributed by atoms with E-state index in [9.17, 15) is 14.4 Å². The van der Waals surface area contributed by atoms with Gasteiger partial charge >= 0.3 is 0 Å². The Balaban J connectivity index is 1.54. The van der Waals surface area contributed by atoms with Crippen molar-refractivity contribution in [2.24, 2.45) is 0 Å². The molecule has 0 heterocycles. The largest absolute Gasteiger partial charge is 0.349 e. The van der Waals surface area contributed by atoms with Gasteiger partial charge in [-0.05, 0) is 76.0 Å². The van der Waals surface area contributed by atoms with Crippen molar-refractivity contribution in [3.05, 3.63) is 71.3 Å². The molecule has 3 aliphatic rings. The Hall–Kier alpha value is -3.15. The molecule has 3 amide bonds. The molecule has 0 saturated carbocycles. The van der Waals surface area contributed by atoms with Crippen LogP contribution in [0.15, 0.2) is 54.7 Å². The Morgan fingerprint density at radius 3 is 1.06 bits per heavy atom. The van der Waals surface area contributed by atoms with Crippen LogP contribution in [-0.2, 0) is 0 Å². The van der Waals surface area contributed by atoms with Crippen LogP contribution in [0.4, 0.5) is 0 Å². The summed E-state index contributed by atoms with van der Waals surface area (Å²) in [5.74, 6) is -0.749. The highest BCUT2D eigenvalue weighted by molar-refractivity contribution is 6.04. The Morgan fingerprint density at radius 1 is 0.515 bits per heavy atom. The molecule has 3 unspecified atom stereocenters. The number of hydrogen-bond acceptors (Lipinski definition) is 3. The summed E-state index contributed by atoms with van der Waals surface area (Å²) >= 11 is 0. The minimum atomic E-state index is -0.250. The van der Waals surface area contributed by atoms with Gasteiger partial charge in [-0.15, -0.1) is 0 Å². The Morgan fingerprint density at radius 2 is 0.818 bits per heavy atom. The molecule has 0 spiro atoms. The van der Waals surface area contributed by atoms with Gasteiger partial charge in [0.25, 0.3) is 17.7 Å². The van der Waals surface area contributed by atoms with Gasteiger partial charge in [0.2, 0.25) is 0 Å². The second kappa shape index (κ2) is 11.1. The van der Waals surface area contributed by atoms with Crippen LogP contribution >= 0.6 is 0 Å². The summed E-state index contributed by atoms with van der Waals surface area (Å²) in [7, 11) is 0. The fourth-order valence-corrected chi connectivity index (χ4v) is 4.60. The van der Waals surface area contributed by atoms with Gasteiger partial charge in [0.05, 0.1) is 0 Å². The van der Waals surface area contributed by atoms with E-state index in [0.717, 1.165) is 57.8 Å². The van der Waals surface area contributed by atoms with Crippen molar-refractivity contribution in [1.82, 2.24) is 16.0 Å². The molecule has 0 fully saturated rings. The molecule has 0 aromatic heterocycles. The molecule has 3 atom stereocenters. The van der Waals surface area contributed by atoms with Crippen molar-refractivity contribution < 1.29 is 14.4 Å². The maximum absolute atomic E-state index is 13.0. The lowest BCUT2D eigenvalue weighted by Gasteiger charge is -2.22. The highest BCUT2D eigenvalue weighted by atomic mass is 16.2. The predicted molar refractivity (Wildman–Crippen MR) is 129 cm³/mol. The summed E-state index contributed by atoms with van der Waals surface area (Å²) in [6.45, 7) is 0. The molecular formula is C27H33N3O3. The summed E-state index contributed by atoms with van der Waals surface area (Å²) in [5, 5.41) is 9.18. The first-order valence-electron chi connectivity index (χ1n) is 12.1. The zero-order valence-corrected chi connectivity index (χ0v) is 19.0. The standard InChI is InChI=1S/C27H33N3O3/c31-25(28-22-10-4-1-5-11-22)19-16-20(26(32)29-23-12-6-2-7-13-23)18-21(17-19)27(33)30-24-14-8-3-9-15-24/h1-4,6,8,16-18,22-24H,5,7,9-15H2,(H,28,31)(H,29,32)(H,30,33). The van der Waals surface area contributed by atoms with Crippen LogP contribution in [0.5, 0.6) is 0 Å². The summed E-state index contributed by atoms with van der Waals surface area (Å²) in [5.41, 5.74) is 1.03. The number of rotatable bonds is 6. The van der Waals surface area contributed by atoms with Gasteiger partial charge in [-0.25, -0.2) is 0 Å². The minimum absolute atomic E-state index is 0.0697. The quantitative estimate of drug-likeness (QED) is 0.571. The van der Waals surface area contributed by atoms with Crippen LogP contribution in [-0.4, -0.2) is 35.8 Å². The summed E-state index contributed by atoms with van der Waals surface area (Å²) in [6.07, 6.45) is 20.5. The zero-order valence-electron chi connectivity index (χ0n) is 19.0. The number of allylic oxidation sites excluding steroid dienone is 3. The van der Waals surface area contributed by atoms with Crippen LogP contribution in [0.2, 0.25) is 0 Å². The van der Waals surface area contributed by atoms with Gasteiger partial charge in [0, 0.05) is 34.8 Å². The van der Waals surface area contributed by atoms with E-state index in [1.807, 2.05) is 0 Å². The van der Waals surface area contributed by atoms with Gasteiger partial charge < -0.3 is 16.0 Å². The Kier molecular flexibility index (Phi) is 7.76. The second-order valence-electron chi connectivity index (χ2n) is 9.16. The first kappa shape index (κ1) is 23.0. The SMILES string of the molecule is O=C(NC1CC=CCC1)c1cc(C(=O)NC2CC=CCC2)cc(C(=O)NC2CC=CCC2)c1. The van der Waals surface area contributed by atoms with Crippen molar-refractivity contribution >= 4 is 17.7 Å². The van der Waals surface area contributed by atoms with E-state index >= 15 is 0 Å². The van der Waals surface area contributed by atoms with E-state index in [2.05, 4.69) is 52.4 Å². The van der Waals surface area contributed by atoms with Gasteiger partial charge in [-0.3, -0.25) is 14.4 Å². The van der Waals surface area contributed by atoms with Crippen molar-refractivity contribution in [1.29, 1.82) is 0 Å². The lowest BCUT2D eigenvalue weighted by Crippen LogP contribution is -2.38. The third kappa shape index (κ3) is 6.44. The fourth-order valence-electron chi connectivity index (χ4n) is 4.60. The molecular weight excluding hydrogens is 414 g/mol. The number of nitrogens with one attached hydrogen (secondary N) is 3. The second-order valence-corrected chi connectivity index (χ2v) is 9.16. The Bertz CT molecular complexity index is 843. The predicted octanol–water partition coefficient (Wildman–Crippen LogP) is 4.20. The highest BCUT2D eigenvalue weighted by Gasteiger charge is 2.22. The van der Waals surface area contributed by atoms with Gasteiger partial charge in [-0.1, -0.05) is 36.5 Å². The summed E-state index contributed by atoms with van der Waals surface area (Å²) in [4.78, 5) is 39.1. The van der Waals surface area contributed by atoms with Crippen molar-refractivity contribution in [3.8, 4) is 0 Å². The number of carbonyl (C=O) groups is 3. The molecule has 0 bridgehead atoms. The highest BCUT2D eigenvalue weighted by Crippen LogP contribution is 2.18. The van der Waals surface area contributed by atoms with Crippen molar-refractivity contribution in [2.75, 3.05) is 0 Å². The minimum Gasteiger partial charge on any atom is -0.349 e. The average Bonchev–Trinajstić information content (AvgIpc) is 2.85. The monoisotopic (exact) mass is 447 g/mol. The molecule has 174 valence electrons. The summed E-state index contributed by atoms with van der Waals surface area (Å²) < 4.78 is 0. The van der Waals surface area contributed by atoms with Crippen molar-refractivity contribution in [3.63, 3.8) is 0 Å². The van der Waals surface area contributed by atoms with Gasteiger partial charge in [-0.2, -0.15) is 0 Å². The molecule has 0 saturated heterocycles. The number of hydrogen-bond donors (Lipinski definition) is 3. The van der Waals surface area contributed by atoms with Crippen LogP contribution < -0.4 is 16.0 Å². The normalized spacial score (nSPS) is 24.2. The maximum Gasteiger partial charge on any atom is 0.251 e. The lowest BCUT2D eigenvalue weighted by atomic mass is 9.98. The molecule has 3 aliphatic carbocycles. The number of carbonyl (C=O) groups excluding carboxylic acids is 3. The number of amides is 3. The molecule has 0 radical (unpaired) electrons. The van der Waals surface area contributed by atoms with E-state index in [1.165, 1.54) is 0 Å². The van der Waals surface area contributed by atoms with Crippen LogP contribution in [0.25, 0.3) is 0 Å². The van der Waals surface area contributed by atoms with E-state index in [0.29, 0.717) is 16.7 Å². The zero-order chi connectivity index (χ0) is 23.0. The van der Waals surface area contributed by atoms with E-state index in [4.69, 9.17) is 0 Å². The first-order chi connectivity index (χ1) is 16.1. The third-order valence-corrected chi connectivity index (χ3v) is 6.53.